The lowest BCUT2D eigenvalue weighted by atomic mass is 9.79. The summed E-state index contributed by atoms with van der Waals surface area (Å²) in [6.45, 7) is 3.53. The van der Waals surface area contributed by atoms with Gasteiger partial charge in [-0.25, -0.2) is 0 Å². The van der Waals surface area contributed by atoms with Crippen molar-refractivity contribution in [3.05, 3.63) is 38.3 Å². The van der Waals surface area contributed by atoms with Gasteiger partial charge in [-0.05, 0) is 25.8 Å². The summed E-state index contributed by atoms with van der Waals surface area (Å²) in [4.78, 5) is 21.9. The van der Waals surface area contributed by atoms with Crippen LogP contribution < -0.4 is 0 Å². The third kappa shape index (κ3) is 3.76. The molecule has 0 fully saturated rings. The van der Waals surface area contributed by atoms with Gasteiger partial charge in [0, 0.05) is 16.1 Å². The summed E-state index contributed by atoms with van der Waals surface area (Å²) in [6.07, 6.45) is 1.35. The van der Waals surface area contributed by atoms with Crippen LogP contribution in [-0.2, 0) is 11.2 Å². The van der Waals surface area contributed by atoms with E-state index in [9.17, 15) is 20.0 Å². The van der Waals surface area contributed by atoms with E-state index in [0.29, 0.717) is 22.9 Å². The zero-order valence-corrected chi connectivity index (χ0v) is 12.4. The van der Waals surface area contributed by atoms with Gasteiger partial charge in [0.05, 0.1) is 10.3 Å². The number of aliphatic carboxylic acids is 1. The Morgan fingerprint density at radius 3 is 2.63 bits per heavy atom. The van der Waals surface area contributed by atoms with Crippen LogP contribution in [0, 0.1) is 15.5 Å². The summed E-state index contributed by atoms with van der Waals surface area (Å²) in [5, 5.41) is 20.4. The predicted molar refractivity (Wildman–Crippen MR) is 75.2 cm³/mol. The number of nitro groups is 1. The molecule has 1 N–H and O–H groups in total. The zero-order chi connectivity index (χ0) is 14.6. The second-order valence-electron chi connectivity index (χ2n) is 4.82. The highest BCUT2D eigenvalue weighted by Crippen LogP contribution is 2.33. The summed E-state index contributed by atoms with van der Waals surface area (Å²) in [5.74, 6) is -0.924. The molecule has 1 rings (SSSR count). The van der Waals surface area contributed by atoms with Gasteiger partial charge in [-0.15, -0.1) is 0 Å². The maximum Gasteiger partial charge on any atom is 0.309 e. The van der Waals surface area contributed by atoms with E-state index in [0.717, 1.165) is 0 Å². The minimum Gasteiger partial charge on any atom is -0.481 e. The molecule has 0 spiro atoms. The van der Waals surface area contributed by atoms with Gasteiger partial charge >= 0.3 is 5.97 Å². The first-order valence-electron chi connectivity index (χ1n) is 5.96. The van der Waals surface area contributed by atoms with Crippen molar-refractivity contribution in [2.45, 2.75) is 33.1 Å². The van der Waals surface area contributed by atoms with Crippen LogP contribution in [0.5, 0.6) is 0 Å². The molecule has 1 atom stereocenters. The van der Waals surface area contributed by atoms with E-state index in [1.807, 2.05) is 6.92 Å². The standard InChI is InChI=1S/C13H16BrNO4/c1-3-6-13(2,12(16)17)8-9-4-5-10(14)7-11(9)15(18)19/h4-5,7H,3,6,8H2,1-2H3,(H,16,17). The SMILES string of the molecule is CCCC(C)(Cc1ccc(Br)cc1[N+](=O)[O-])C(=O)O. The van der Waals surface area contributed by atoms with Crippen molar-refractivity contribution in [2.75, 3.05) is 0 Å². The number of hydrogen-bond donors (Lipinski definition) is 1. The molecule has 5 nitrogen and oxygen atoms in total. The topological polar surface area (TPSA) is 80.4 Å². The average molecular weight is 330 g/mol. The summed E-state index contributed by atoms with van der Waals surface area (Å²) < 4.78 is 0.607. The fraction of sp³-hybridized carbons (Fsp3) is 0.462. The second-order valence-corrected chi connectivity index (χ2v) is 5.74. The van der Waals surface area contributed by atoms with Crippen LogP contribution >= 0.6 is 15.9 Å². The van der Waals surface area contributed by atoms with Crippen molar-refractivity contribution < 1.29 is 14.8 Å². The Balaban J connectivity index is 3.16. The maximum absolute atomic E-state index is 11.4. The number of carboxylic acid groups (broad SMARTS) is 1. The van der Waals surface area contributed by atoms with Gasteiger partial charge in [-0.1, -0.05) is 35.3 Å². The minimum absolute atomic E-state index is 0.0436. The molecule has 1 aromatic carbocycles. The van der Waals surface area contributed by atoms with Gasteiger partial charge in [-0.2, -0.15) is 0 Å². The van der Waals surface area contributed by atoms with Crippen LogP contribution in [0.1, 0.15) is 32.3 Å². The summed E-state index contributed by atoms with van der Waals surface area (Å²) in [7, 11) is 0. The smallest absolute Gasteiger partial charge is 0.309 e. The van der Waals surface area contributed by atoms with E-state index in [1.54, 1.807) is 19.1 Å². The van der Waals surface area contributed by atoms with Gasteiger partial charge in [0.15, 0.2) is 0 Å². The number of rotatable bonds is 6. The minimum atomic E-state index is -0.979. The average Bonchev–Trinajstić information content (AvgIpc) is 2.31. The van der Waals surface area contributed by atoms with Gasteiger partial charge in [0.1, 0.15) is 0 Å². The Kier molecular flexibility index (Phi) is 5.05. The quantitative estimate of drug-likeness (QED) is 0.635. The van der Waals surface area contributed by atoms with Crippen LogP contribution in [0.4, 0.5) is 5.69 Å². The molecule has 0 aliphatic carbocycles. The number of hydrogen-bond acceptors (Lipinski definition) is 3. The summed E-state index contributed by atoms with van der Waals surface area (Å²) >= 11 is 3.18. The molecule has 0 radical (unpaired) electrons. The molecule has 0 aliphatic heterocycles. The van der Waals surface area contributed by atoms with E-state index in [4.69, 9.17) is 0 Å². The fourth-order valence-electron chi connectivity index (χ4n) is 2.10. The molecule has 1 aromatic rings. The molecule has 0 amide bonds. The molecular weight excluding hydrogens is 314 g/mol. The molecule has 0 bridgehead atoms. The van der Waals surface area contributed by atoms with Gasteiger partial charge in [-0.3, -0.25) is 14.9 Å². The molecule has 0 saturated carbocycles. The summed E-state index contributed by atoms with van der Waals surface area (Å²) in [6, 6.07) is 4.71. The lowest BCUT2D eigenvalue weighted by molar-refractivity contribution is -0.385. The van der Waals surface area contributed by atoms with Crippen LogP contribution in [-0.4, -0.2) is 16.0 Å². The molecular formula is C13H16BrNO4. The monoisotopic (exact) mass is 329 g/mol. The fourth-order valence-corrected chi connectivity index (χ4v) is 2.45. The van der Waals surface area contributed by atoms with Gasteiger partial charge in [0.2, 0.25) is 0 Å². The third-order valence-corrected chi connectivity index (χ3v) is 3.64. The highest BCUT2D eigenvalue weighted by molar-refractivity contribution is 9.10. The Hall–Kier alpha value is -1.43. The number of nitrogens with zero attached hydrogens (tertiary/aromatic N) is 1. The molecule has 19 heavy (non-hydrogen) atoms. The number of carboxylic acids is 1. The Morgan fingerprint density at radius 2 is 2.16 bits per heavy atom. The predicted octanol–water partition coefficient (Wildman–Crippen LogP) is 3.79. The molecule has 104 valence electrons. The highest BCUT2D eigenvalue weighted by atomic mass is 79.9. The van der Waals surface area contributed by atoms with Crippen molar-refractivity contribution in [2.24, 2.45) is 5.41 Å². The van der Waals surface area contributed by atoms with E-state index >= 15 is 0 Å². The Bertz CT molecular complexity index is 503. The van der Waals surface area contributed by atoms with E-state index in [2.05, 4.69) is 15.9 Å². The lowest BCUT2D eigenvalue weighted by Gasteiger charge is -2.24. The molecule has 6 heteroatoms. The molecule has 1 unspecified atom stereocenters. The van der Waals surface area contributed by atoms with E-state index in [1.165, 1.54) is 6.07 Å². The molecule has 0 aromatic heterocycles. The largest absolute Gasteiger partial charge is 0.481 e. The number of nitro benzene ring substituents is 1. The molecule has 0 heterocycles. The highest BCUT2D eigenvalue weighted by Gasteiger charge is 2.34. The van der Waals surface area contributed by atoms with Crippen molar-refractivity contribution >= 4 is 27.6 Å². The number of halogens is 1. The van der Waals surface area contributed by atoms with Crippen molar-refractivity contribution in [3.8, 4) is 0 Å². The van der Waals surface area contributed by atoms with Gasteiger partial charge < -0.3 is 5.11 Å². The normalized spacial score (nSPS) is 13.8. The second kappa shape index (κ2) is 6.14. The Morgan fingerprint density at radius 1 is 1.53 bits per heavy atom. The number of benzene rings is 1. The van der Waals surface area contributed by atoms with Crippen molar-refractivity contribution in [1.82, 2.24) is 0 Å². The van der Waals surface area contributed by atoms with Crippen LogP contribution in [0.25, 0.3) is 0 Å². The third-order valence-electron chi connectivity index (χ3n) is 3.14. The first kappa shape index (κ1) is 15.6. The van der Waals surface area contributed by atoms with Crippen molar-refractivity contribution in [3.63, 3.8) is 0 Å². The zero-order valence-electron chi connectivity index (χ0n) is 10.9. The van der Waals surface area contributed by atoms with Crippen LogP contribution in [0.3, 0.4) is 0 Å². The number of carbonyl (C=O) groups is 1. The molecule has 0 saturated heterocycles. The van der Waals surface area contributed by atoms with Gasteiger partial charge in [0.25, 0.3) is 5.69 Å². The van der Waals surface area contributed by atoms with Crippen molar-refractivity contribution in [1.29, 1.82) is 0 Å². The lowest BCUT2D eigenvalue weighted by Crippen LogP contribution is -2.30. The van der Waals surface area contributed by atoms with Crippen LogP contribution in [0.2, 0.25) is 0 Å². The first-order valence-corrected chi connectivity index (χ1v) is 6.75. The van der Waals surface area contributed by atoms with E-state index in [-0.39, 0.29) is 12.1 Å². The summed E-state index contributed by atoms with van der Waals surface area (Å²) in [5.41, 5.74) is -0.572. The first-order chi connectivity index (χ1) is 8.80. The maximum atomic E-state index is 11.4. The molecule has 0 aliphatic rings. The Labute approximate surface area is 119 Å². The van der Waals surface area contributed by atoms with E-state index < -0.39 is 16.3 Å². The van der Waals surface area contributed by atoms with Crippen LogP contribution in [0.15, 0.2) is 22.7 Å².